The van der Waals surface area contributed by atoms with E-state index >= 15 is 0 Å². The Hall–Kier alpha value is -3.65. The number of hydrogen-bond donors (Lipinski definition) is 1. The van der Waals surface area contributed by atoms with Crippen LogP contribution >= 0.6 is 0 Å². The minimum absolute atomic E-state index is 0.0883. The van der Waals surface area contributed by atoms with E-state index in [1.807, 2.05) is 56.3 Å². The van der Waals surface area contributed by atoms with Gasteiger partial charge in [-0.2, -0.15) is 0 Å². The topological polar surface area (TPSA) is 86.8 Å². The average molecular weight is 508 g/mol. The molecule has 0 bridgehead atoms. The zero-order chi connectivity index (χ0) is 26.1. The number of amides is 2. The average Bonchev–Trinajstić information content (AvgIpc) is 2.92. The van der Waals surface area contributed by atoms with Gasteiger partial charge in [0, 0.05) is 13.6 Å². The van der Waals surface area contributed by atoms with Crippen LogP contribution < -0.4 is 9.62 Å². The van der Waals surface area contributed by atoms with Crippen LogP contribution in [0.2, 0.25) is 0 Å². The Labute approximate surface area is 213 Å². The minimum Gasteiger partial charge on any atom is -0.357 e. The van der Waals surface area contributed by atoms with E-state index in [0.717, 1.165) is 21.9 Å². The van der Waals surface area contributed by atoms with Gasteiger partial charge in [-0.3, -0.25) is 13.9 Å². The van der Waals surface area contributed by atoms with Crippen molar-refractivity contribution in [2.45, 2.75) is 44.2 Å². The number of likely N-dealkylation sites (N-methyl/N-ethyl adjacent to an activating group) is 1. The fourth-order valence-corrected chi connectivity index (χ4v) is 5.45. The highest BCUT2D eigenvalue weighted by molar-refractivity contribution is 7.92. The maximum atomic E-state index is 13.8. The van der Waals surface area contributed by atoms with E-state index in [4.69, 9.17) is 0 Å². The fourth-order valence-electron chi connectivity index (χ4n) is 4.01. The normalized spacial score (nSPS) is 12.0. The highest BCUT2D eigenvalue weighted by Gasteiger charge is 2.33. The molecule has 190 valence electrons. The number of rotatable bonds is 11. The summed E-state index contributed by atoms with van der Waals surface area (Å²) in [6.07, 6.45) is 1.19. The van der Waals surface area contributed by atoms with Crippen molar-refractivity contribution in [2.24, 2.45) is 0 Å². The van der Waals surface area contributed by atoms with Crippen LogP contribution in [-0.4, -0.2) is 44.8 Å². The Morgan fingerprint density at radius 2 is 1.42 bits per heavy atom. The van der Waals surface area contributed by atoms with Crippen LogP contribution in [0.5, 0.6) is 0 Å². The maximum absolute atomic E-state index is 13.8. The predicted molar refractivity (Wildman–Crippen MR) is 142 cm³/mol. The second-order valence-corrected chi connectivity index (χ2v) is 10.3. The van der Waals surface area contributed by atoms with Crippen molar-refractivity contribution in [1.82, 2.24) is 10.2 Å². The zero-order valence-electron chi connectivity index (χ0n) is 20.9. The van der Waals surface area contributed by atoms with E-state index in [1.165, 1.54) is 24.1 Å². The standard InChI is InChI=1S/C28H33N3O4S/c1-4-22-16-18-24(19-17-22)31(36(34,35)25-14-10-7-11-15-25)21-27(32)30(26(5-2)28(33)29-3)20-23-12-8-6-9-13-23/h6-19,26H,4-5,20-21H2,1-3H3,(H,29,33). The van der Waals surface area contributed by atoms with Crippen LogP contribution in [0, 0.1) is 0 Å². The number of sulfonamides is 1. The van der Waals surface area contributed by atoms with E-state index in [-0.39, 0.29) is 17.3 Å². The SMILES string of the molecule is CCc1ccc(N(CC(=O)N(Cc2ccccc2)C(CC)C(=O)NC)S(=O)(=O)c2ccccc2)cc1. The molecule has 8 heteroatoms. The summed E-state index contributed by atoms with van der Waals surface area (Å²) in [4.78, 5) is 28.0. The summed E-state index contributed by atoms with van der Waals surface area (Å²) < 4.78 is 28.5. The molecule has 0 heterocycles. The molecule has 0 aliphatic rings. The molecule has 2 amide bonds. The van der Waals surface area contributed by atoms with Crippen molar-refractivity contribution in [1.29, 1.82) is 0 Å². The number of anilines is 1. The van der Waals surface area contributed by atoms with E-state index in [9.17, 15) is 18.0 Å². The molecular weight excluding hydrogens is 474 g/mol. The first kappa shape index (κ1) is 26.9. The van der Waals surface area contributed by atoms with Gasteiger partial charge in [-0.15, -0.1) is 0 Å². The first-order valence-corrected chi connectivity index (χ1v) is 13.5. The molecule has 1 unspecified atom stereocenters. The summed E-state index contributed by atoms with van der Waals surface area (Å²) >= 11 is 0. The van der Waals surface area contributed by atoms with Gasteiger partial charge >= 0.3 is 0 Å². The van der Waals surface area contributed by atoms with Crippen LogP contribution in [0.4, 0.5) is 5.69 Å². The molecule has 0 saturated carbocycles. The monoisotopic (exact) mass is 507 g/mol. The van der Waals surface area contributed by atoms with Crippen molar-refractivity contribution in [2.75, 3.05) is 17.9 Å². The largest absolute Gasteiger partial charge is 0.357 e. The van der Waals surface area contributed by atoms with E-state index in [0.29, 0.717) is 12.1 Å². The number of carbonyl (C=O) groups is 2. The molecule has 7 nitrogen and oxygen atoms in total. The minimum atomic E-state index is -4.05. The van der Waals surface area contributed by atoms with Crippen LogP contribution in [0.1, 0.15) is 31.4 Å². The molecule has 0 saturated heterocycles. The lowest BCUT2D eigenvalue weighted by molar-refractivity contribution is -0.140. The molecule has 3 rings (SSSR count). The summed E-state index contributed by atoms with van der Waals surface area (Å²) in [5.74, 6) is -0.764. The van der Waals surface area contributed by atoms with Crippen molar-refractivity contribution in [3.05, 3.63) is 96.1 Å². The molecular formula is C28H33N3O4S. The second kappa shape index (κ2) is 12.4. The quantitative estimate of drug-likeness (QED) is 0.425. The Kier molecular flexibility index (Phi) is 9.25. The molecule has 3 aromatic rings. The number of benzene rings is 3. The van der Waals surface area contributed by atoms with Crippen molar-refractivity contribution < 1.29 is 18.0 Å². The van der Waals surface area contributed by atoms with Gasteiger partial charge in [0.15, 0.2) is 0 Å². The van der Waals surface area contributed by atoms with Gasteiger partial charge in [-0.1, -0.05) is 74.5 Å². The van der Waals surface area contributed by atoms with E-state index in [2.05, 4.69) is 5.32 Å². The van der Waals surface area contributed by atoms with Gasteiger partial charge < -0.3 is 10.2 Å². The first-order chi connectivity index (χ1) is 17.3. The third kappa shape index (κ3) is 6.31. The molecule has 0 aliphatic heterocycles. The molecule has 0 fully saturated rings. The van der Waals surface area contributed by atoms with Gasteiger partial charge in [0.05, 0.1) is 10.6 Å². The fraction of sp³-hybridized carbons (Fsp3) is 0.286. The van der Waals surface area contributed by atoms with Gasteiger partial charge in [0.1, 0.15) is 12.6 Å². The third-order valence-corrected chi connectivity index (χ3v) is 7.86. The lowest BCUT2D eigenvalue weighted by Crippen LogP contribution is -2.51. The molecule has 3 aromatic carbocycles. The van der Waals surface area contributed by atoms with Crippen LogP contribution in [0.15, 0.2) is 89.8 Å². The van der Waals surface area contributed by atoms with Crippen molar-refractivity contribution >= 4 is 27.5 Å². The molecule has 0 spiro atoms. The zero-order valence-corrected chi connectivity index (χ0v) is 21.7. The summed E-state index contributed by atoms with van der Waals surface area (Å²) in [6.45, 7) is 3.58. The summed E-state index contributed by atoms with van der Waals surface area (Å²) in [6, 6.07) is 23.8. The third-order valence-electron chi connectivity index (χ3n) is 6.07. The van der Waals surface area contributed by atoms with Crippen LogP contribution in [0.3, 0.4) is 0 Å². The van der Waals surface area contributed by atoms with Gasteiger partial charge in [-0.05, 0) is 48.2 Å². The Morgan fingerprint density at radius 3 is 1.94 bits per heavy atom. The van der Waals surface area contributed by atoms with E-state index in [1.54, 1.807) is 30.3 Å². The number of nitrogens with one attached hydrogen (secondary N) is 1. The first-order valence-electron chi connectivity index (χ1n) is 12.0. The lowest BCUT2D eigenvalue weighted by atomic mass is 10.1. The molecule has 36 heavy (non-hydrogen) atoms. The number of hydrogen-bond acceptors (Lipinski definition) is 4. The van der Waals surface area contributed by atoms with Gasteiger partial charge in [0.25, 0.3) is 10.0 Å². The predicted octanol–water partition coefficient (Wildman–Crippen LogP) is 4.00. The molecule has 0 radical (unpaired) electrons. The van der Waals surface area contributed by atoms with Gasteiger partial charge in [-0.25, -0.2) is 8.42 Å². The van der Waals surface area contributed by atoms with Crippen molar-refractivity contribution in [3.63, 3.8) is 0 Å². The molecule has 0 aromatic heterocycles. The highest BCUT2D eigenvalue weighted by Crippen LogP contribution is 2.25. The van der Waals surface area contributed by atoms with Crippen LogP contribution in [-0.2, 0) is 32.6 Å². The maximum Gasteiger partial charge on any atom is 0.264 e. The summed E-state index contributed by atoms with van der Waals surface area (Å²) in [5.41, 5.74) is 2.29. The Morgan fingerprint density at radius 1 is 0.833 bits per heavy atom. The lowest BCUT2D eigenvalue weighted by Gasteiger charge is -2.33. The van der Waals surface area contributed by atoms with Crippen molar-refractivity contribution in [3.8, 4) is 0 Å². The Balaban J connectivity index is 2.04. The van der Waals surface area contributed by atoms with Gasteiger partial charge in [0.2, 0.25) is 11.8 Å². The Bertz CT molecular complexity index is 1250. The molecule has 1 atom stereocenters. The molecule has 1 N–H and O–H groups in total. The summed E-state index contributed by atoms with van der Waals surface area (Å²) in [7, 11) is -2.52. The van der Waals surface area contributed by atoms with Crippen LogP contribution in [0.25, 0.3) is 0 Å². The smallest absolute Gasteiger partial charge is 0.264 e. The second-order valence-electron chi connectivity index (χ2n) is 8.39. The number of aryl methyl sites for hydroxylation is 1. The number of nitrogens with zero attached hydrogens (tertiary/aromatic N) is 2. The van der Waals surface area contributed by atoms with E-state index < -0.39 is 28.5 Å². The highest BCUT2D eigenvalue weighted by atomic mass is 32.2. The number of carbonyl (C=O) groups excluding carboxylic acids is 2. The molecule has 0 aliphatic carbocycles. The summed E-state index contributed by atoms with van der Waals surface area (Å²) in [5, 5.41) is 2.63.